The molecule has 0 unspecified atom stereocenters. The lowest BCUT2D eigenvalue weighted by Crippen LogP contribution is -2.40. The number of hydrogen-bond donors (Lipinski definition) is 1. The maximum Gasteiger partial charge on any atom is 0.328 e. The van der Waals surface area contributed by atoms with Crippen molar-refractivity contribution in [3.8, 4) is 0 Å². The second-order valence-corrected chi connectivity index (χ2v) is 3.92. The van der Waals surface area contributed by atoms with Crippen LogP contribution in [0.15, 0.2) is 12.2 Å². The molecule has 1 fully saturated rings. The largest absolute Gasteiger partial charge is 0.478 e. The van der Waals surface area contributed by atoms with E-state index in [1.165, 1.54) is 0 Å². The van der Waals surface area contributed by atoms with Crippen LogP contribution >= 0.6 is 0 Å². The number of aliphatic carboxylic acids is 1. The Morgan fingerprint density at radius 1 is 1.50 bits per heavy atom. The Balaban J connectivity index is 2.46. The highest BCUT2D eigenvalue weighted by Crippen LogP contribution is 2.16. The molecule has 90 valence electrons. The first-order valence-corrected chi connectivity index (χ1v) is 5.32. The van der Waals surface area contributed by atoms with Crippen LogP contribution in [0.1, 0.15) is 12.8 Å². The number of likely N-dealkylation sites (tertiary alicyclic amines) is 1. The van der Waals surface area contributed by atoms with E-state index < -0.39 is 5.97 Å². The summed E-state index contributed by atoms with van der Waals surface area (Å²) in [5.41, 5.74) is 0. The van der Waals surface area contributed by atoms with Crippen molar-refractivity contribution in [3.63, 3.8) is 0 Å². The van der Waals surface area contributed by atoms with E-state index in [-0.39, 0.29) is 5.91 Å². The third kappa shape index (κ3) is 4.02. The van der Waals surface area contributed by atoms with Crippen molar-refractivity contribution in [2.24, 2.45) is 5.92 Å². The number of carboxylic acid groups (broad SMARTS) is 1. The van der Waals surface area contributed by atoms with Crippen LogP contribution in [0.3, 0.4) is 0 Å². The number of methoxy groups -OCH3 is 1. The van der Waals surface area contributed by atoms with Gasteiger partial charge in [-0.05, 0) is 18.8 Å². The number of nitrogens with zero attached hydrogens (tertiary/aromatic N) is 1. The Bertz CT molecular complexity index is 286. The van der Waals surface area contributed by atoms with Crippen LogP contribution in [0.5, 0.6) is 0 Å². The molecule has 1 heterocycles. The van der Waals surface area contributed by atoms with Crippen LogP contribution in [0.4, 0.5) is 0 Å². The Kier molecular flexibility index (Phi) is 4.98. The van der Waals surface area contributed by atoms with Gasteiger partial charge in [-0.25, -0.2) is 4.79 Å². The average Bonchev–Trinajstić information content (AvgIpc) is 2.26. The molecule has 0 radical (unpaired) electrons. The summed E-state index contributed by atoms with van der Waals surface area (Å²) < 4.78 is 5.06. The van der Waals surface area contributed by atoms with Crippen LogP contribution in [-0.2, 0) is 14.3 Å². The Morgan fingerprint density at radius 3 is 2.88 bits per heavy atom. The predicted octanol–water partition coefficient (Wildman–Crippen LogP) is 0.512. The first-order valence-electron chi connectivity index (χ1n) is 5.32. The SMILES string of the molecule is COC[C@@H]1CCCN(C(=O)/C=C/C(=O)O)C1. The van der Waals surface area contributed by atoms with Gasteiger partial charge in [0.15, 0.2) is 0 Å². The van der Waals surface area contributed by atoms with Gasteiger partial charge in [0.1, 0.15) is 0 Å². The molecular weight excluding hydrogens is 210 g/mol. The Hall–Kier alpha value is -1.36. The quantitative estimate of drug-likeness (QED) is 0.711. The molecule has 0 aromatic heterocycles. The van der Waals surface area contributed by atoms with E-state index in [0.717, 1.165) is 25.0 Å². The van der Waals surface area contributed by atoms with Crippen LogP contribution in [-0.4, -0.2) is 48.7 Å². The van der Waals surface area contributed by atoms with Crippen molar-refractivity contribution in [2.75, 3.05) is 26.8 Å². The number of piperidine rings is 1. The smallest absolute Gasteiger partial charge is 0.328 e. The van der Waals surface area contributed by atoms with Gasteiger partial charge in [-0.3, -0.25) is 4.79 Å². The molecule has 0 bridgehead atoms. The fourth-order valence-corrected chi connectivity index (χ4v) is 1.88. The topological polar surface area (TPSA) is 66.8 Å². The number of carbonyl (C=O) groups excluding carboxylic acids is 1. The molecule has 1 aliphatic heterocycles. The van der Waals surface area contributed by atoms with E-state index in [4.69, 9.17) is 9.84 Å². The zero-order chi connectivity index (χ0) is 12.0. The molecule has 1 atom stereocenters. The maximum absolute atomic E-state index is 11.6. The van der Waals surface area contributed by atoms with E-state index in [1.807, 2.05) is 0 Å². The highest BCUT2D eigenvalue weighted by molar-refractivity contribution is 5.93. The van der Waals surface area contributed by atoms with Gasteiger partial charge in [0.25, 0.3) is 0 Å². The monoisotopic (exact) mass is 227 g/mol. The average molecular weight is 227 g/mol. The van der Waals surface area contributed by atoms with Crippen molar-refractivity contribution >= 4 is 11.9 Å². The number of carboxylic acids is 1. The second kappa shape index (κ2) is 6.27. The summed E-state index contributed by atoms with van der Waals surface area (Å²) >= 11 is 0. The minimum atomic E-state index is -1.10. The number of hydrogen-bond acceptors (Lipinski definition) is 3. The molecule has 0 aromatic carbocycles. The molecule has 1 saturated heterocycles. The zero-order valence-corrected chi connectivity index (χ0v) is 9.39. The number of ether oxygens (including phenoxy) is 1. The molecule has 1 aliphatic rings. The summed E-state index contributed by atoms with van der Waals surface area (Å²) in [6.45, 7) is 1.99. The molecule has 1 rings (SSSR count). The van der Waals surface area contributed by atoms with Crippen molar-refractivity contribution in [1.29, 1.82) is 0 Å². The molecule has 0 aromatic rings. The van der Waals surface area contributed by atoms with E-state index >= 15 is 0 Å². The lowest BCUT2D eigenvalue weighted by atomic mass is 9.99. The van der Waals surface area contributed by atoms with Crippen molar-refractivity contribution in [1.82, 2.24) is 4.90 Å². The summed E-state index contributed by atoms with van der Waals surface area (Å²) in [5.74, 6) is -0.970. The molecule has 0 spiro atoms. The fourth-order valence-electron chi connectivity index (χ4n) is 1.88. The van der Waals surface area contributed by atoms with Gasteiger partial charge in [0, 0.05) is 32.4 Å². The minimum absolute atomic E-state index is 0.233. The highest BCUT2D eigenvalue weighted by atomic mass is 16.5. The summed E-state index contributed by atoms with van der Waals surface area (Å²) in [7, 11) is 1.64. The van der Waals surface area contributed by atoms with Gasteiger partial charge in [-0.15, -0.1) is 0 Å². The van der Waals surface area contributed by atoms with Gasteiger partial charge >= 0.3 is 5.97 Å². The van der Waals surface area contributed by atoms with Crippen molar-refractivity contribution < 1.29 is 19.4 Å². The maximum atomic E-state index is 11.6. The molecule has 5 nitrogen and oxygen atoms in total. The van der Waals surface area contributed by atoms with Crippen molar-refractivity contribution in [2.45, 2.75) is 12.8 Å². The first kappa shape index (κ1) is 12.7. The summed E-state index contributed by atoms with van der Waals surface area (Å²) in [6, 6.07) is 0. The Morgan fingerprint density at radius 2 is 2.25 bits per heavy atom. The zero-order valence-electron chi connectivity index (χ0n) is 9.39. The van der Waals surface area contributed by atoms with Gasteiger partial charge in [-0.1, -0.05) is 0 Å². The summed E-state index contributed by atoms with van der Waals surface area (Å²) in [6.07, 6.45) is 3.99. The third-order valence-electron chi connectivity index (χ3n) is 2.60. The van der Waals surface area contributed by atoms with Gasteiger partial charge in [-0.2, -0.15) is 0 Å². The van der Waals surface area contributed by atoms with Crippen molar-refractivity contribution in [3.05, 3.63) is 12.2 Å². The van der Waals surface area contributed by atoms with E-state index in [1.54, 1.807) is 12.0 Å². The van der Waals surface area contributed by atoms with Crippen LogP contribution in [0.2, 0.25) is 0 Å². The van der Waals surface area contributed by atoms with E-state index in [2.05, 4.69) is 0 Å². The van der Waals surface area contributed by atoms with Crippen LogP contribution < -0.4 is 0 Å². The number of carbonyl (C=O) groups is 2. The van der Waals surface area contributed by atoms with Gasteiger partial charge in [0.2, 0.25) is 5.91 Å². The van der Waals surface area contributed by atoms with Gasteiger partial charge in [0.05, 0.1) is 6.61 Å². The number of amides is 1. The standard InChI is InChI=1S/C11H17NO4/c1-16-8-9-3-2-6-12(7-9)10(13)4-5-11(14)15/h4-5,9H,2-3,6-8H2,1H3,(H,14,15)/b5-4+/t9-/m1/s1. The summed E-state index contributed by atoms with van der Waals surface area (Å²) in [5, 5.41) is 8.42. The predicted molar refractivity (Wildman–Crippen MR) is 58.0 cm³/mol. The fraction of sp³-hybridized carbons (Fsp3) is 0.636. The molecule has 5 heteroatoms. The molecule has 1 amide bonds. The second-order valence-electron chi connectivity index (χ2n) is 3.92. The Labute approximate surface area is 94.7 Å². The lowest BCUT2D eigenvalue weighted by molar-refractivity contribution is -0.132. The van der Waals surface area contributed by atoms with E-state index in [0.29, 0.717) is 25.6 Å². The van der Waals surface area contributed by atoms with Crippen LogP contribution in [0, 0.1) is 5.92 Å². The molecule has 0 aliphatic carbocycles. The third-order valence-corrected chi connectivity index (χ3v) is 2.60. The normalized spacial score (nSPS) is 21.3. The molecular formula is C11H17NO4. The molecule has 0 saturated carbocycles. The molecule has 1 N–H and O–H groups in total. The van der Waals surface area contributed by atoms with E-state index in [9.17, 15) is 9.59 Å². The summed E-state index contributed by atoms with van der Waals surface area (Å²) in [4.78, 5) is 23.5. The lowest BCUT2D eigenvalue weighted by Gasteiger charge is -2.31. The highest BCUT2D eigenvalue weighted by Gasteiger charge is 2.22. The minimum Gasteiger partial charge on any atom is -0.478 e. The number of rotatable bonds is 4. The van der Waals surface area contributed by atoms with Crippen LogP contribution in [0.25, 0.3) is 0 Å². The molecule has 16 heavy (non-hydrogen) atoms. The van der Waals surface area contributed by atoms with Gasteiger partial charge < -0.3 is 14.7 Å². The first-order chi connectivity index (χ1) is 7.63.